The van der Waals surface area contributed by atoms with Gasteiger partial charge in [0.15, 0.2) is 0 Å². The quantitative estimate of drug-likeness (QED) is 0.324. The topological polar surface area (TPSA) is 89.3 Å². The zero-order chi connectivity index (χ0) is 24.3. The number of nitrogens with zero attached hydrogens (tertiary/aromatic N) is 2. The number of anilines is 2. The molecule has 7 heteroatoms. The number of ether oxygens (including phenoxy) is 1. The summed E-state index contributed by atoms with van der Waals surface area (Å²) in [6.07, 6.45) is 1.02. The van der Waals surface area contributed by atoms with Gasteiger partial charge in [0.25, 0.3) is 0 Å². The molecule has 0 aliphatic rings. The number of hydrogen-bond donors (Lipinski definition) is 2. The maximum Gasteiger partial charge on any atom is 0.412 e. The summed E-state index contributed by atoms with van der Waals surface area (Å²) in [7, 11) is 0. The first kappa shape index (κ1) is 23.3. The average molecular weight is 459 g/mol. The maximum absolute atomic E-state index is 12.1. The Labute approximate surface area is 199 Å². The molecule has 2 aromatic heterocycles. The Bertz CT molecular complexity index is 1270. The van der Waals surface area contributed by atoms with Crippen molar-refractivity contribution in [3.8, 4) is 22.5 Å². The smallest absolute Gasteiger partial charge is 0.412 e. The van der Waals surface area contributed by atoms with Crippen LogP contribution in [-0.4, -0.2) is 28.2 Å². The molecule has 1 amide bonds. The molecule has 0 spiro atoms. The first-order chi connectivity index (χ1) is 16.2. The first-order valence-electron chi connectivity index (χ1n) is 11.4. The predicted molar refractivity (Wildman–Crippen MR) is 136 cm³/mol. The van der Waals surface area contributed by atoms with E-state index in [1.807, 2.05) is 75.4 Å². The highest BCUT2D eigenvalue weighted by Crippen LogP contribution is 2.42. The SMILES string of the molecule is CC(C)CNc1ncnc2oc(-c3ccc(NC(=O)OC(C)(C)C)cc3)c(-c3ccccc3)c12. The summed E-state index contributed by atoms with van der Waals surface area (Å²) in [5.41, 5.74) is 3.39. The monoisotopic (exact) mass is 458 g/mol. The maximum atomic E-state index is 12.1. The van der Waals surface area contributed by atoms with Crippen molar-refractivity contribution in [1.82, 2.24) is 9.97 Å². The summed E-state index contributed by atoms with van der Waals surface area (Å²) in [5, 5.41) is 7.05. The van der Waals surface area contributed by atoms with Crippen LogP contribution in [0.5, 0.6) is 0 Å². The molecule has 34 heavy (non-hydrogen) atoms. The van der Waals surface area contributed by atoms with E-state index in [1.165, 1.54) is 6.33 Å². The van der Waals surface area contributed by atoms with Gasteiger partial charge in [-0.15, -0.1) is 0 Å². The zero-order valence-corrected chi connectivity index (χ0v) is 20.2. The van der Waals surface area contributed by atoms with Gasteiger partial charge in [-0.05, 0) is 56.5 Å². The molecule has 0 saturated heterocycles. The van der Waals surface area contributed by atoms with E-state index in [0.29, 0.717) is 23.1 Å². The van der Waals surface area contributed by atoms with Gasteiger partial charge in [0.2, 0.25) is 5.71 Å². The lowest BCUT2D eigenvalue weighted by Gasteiger charge is -2.19. The highest BCUT2D eigenvalue weighted by molar-refractivity contribution is 6.06. The van der Waals surface area contributed by atoms with Gasteiger partial charge in [-0.2, -0.15) is 0 Å². The molecular weight excluding hydrogens is 428 g/mol. The Kier molecular flexibility index (Phi) is 6.54. The molecule has 0 unspecified atom stereocenters. The first-order valence-corrected chi connectivity index (χ1v) is 11.4. The predicted octanol–water partition coefficient (Wildman–Crippen LogP) is 6.97. The van der Waals surface area contributed by atoms with Crippen molar-refractivity contribution >= 4 is 28.7 Å². The van der Waals surface area contributed by atoms with E-state index in [4.69, 9.17) is 9.15 Å². The second-order valence-corrected chi connectivity index (χ2v) is 9.55. The molecule has 0 radical (unpaired) electrons. The third-order valence-electron chi connectivity index (χ3n) is 5.02. The van der Waals surface area contributed by atoms with Crippen LogP contribution in [-0.2, 0) is 4.74 Å². The summed E-state index contributed by atoms with van der Waals surface area (Å²) >= 11 is 0. The second kappa shape index (κ2) is 9.55. The van der Waals surface area contributed by atoms with Crippen LogP contribution in [0.15, 0.2) is 65.3 Å². The van der Waals surface area contributed by atoms with E-state index in [0.717, 1.165) is 34.4 Å². The minimum atomic E-state index is -0.564. The van der Waals surface area contributed by atoms with E-state index in [2.05, 4.69) is 34.4 Å². The van der Waals surface area contributed by atoms with E-state index in [9.17, 15) is 4.79 Å². The molecule has 176 valence electrons. The minimum absolute atomic E-state index is 0.460. The molecule has 2 aromatic carbocycles. The van der Waals surface area contributed by atoms with Gasteiger partial charge in [-0.1, -0.05) is 44.2 Å². The Morgan fingerprint density at radius 1 is 1.00 bits per heavy atom. The van der Waals surface area contributed by atoms with Gasteiger partial charge in [0.05, 0.1) is 5.39 Å². The Morgan fingerprint density at radius 3 is 2.35 bits per heavy atom. The standard InChI is InChI=1S/C27H30N4O3/c1-17(2)15-28-24-22-21(18-9-7-6-8-10-18)23(33-25(22)30-16-29-24)19-11-13-20(14-12-19)31-26(32)34-27(3,4)5/h6-14,16-17H,15H2,1-5H3,(H,31,32)(H,28,29,30). The van der Waals surface area contributed by atoms with Crippen molar-refractivity contribution in [2.45, 2.75) is 40.2 Å². The van der Waals surface area contributed by atoms with Crippen molar-refractivity contribution in [3.63, 3.8) is 0 Å². The summed E-state index contributed by atoms with van der Waals surface area (Å²) in [4.78, 5) is 21.0. The third-order valence-corrected chi connectivity index (χ3v) is 5.02. The van der Waals surface area contributed by atoms with E-state index < -0.39 is 11.7 Å². The van der Waals surface area contributed by atoms with Crippen molar-refractivity contribution in [2.24, 2.45) is 5.92 Å². The number of carbonyl (C=O) groups is 1. The molecular formula is C27H30N4O3. The molecule has 2 heterocycles. The fraction of sp³-hybridized carbons (Fsp3) is 0.296. The number of fused-ring (bicyclic) bond motifs is 1. The van der Waals surface area contributed by atoms with Gasteiger partial charge >= 0.3 is 6.09 Å². The molecule has 4 rings (SSSR count). The lowest BCUT2D eigenvalue weighted by molar-refractivity contribution is 0.0636. The highest BCUT2D eigenvalue weighted by atomic mass is 16.6. The summed E-state index contributed by atoms with van der Waals surface area (Å²) in [6, 6.07) is 17.5. The van der Waals surface area contributed by atoms with Crippen molar-refractivity contribution in [3.05, 3.63) is 60.9 Å². The Morgan fingerprint density at radius 2 is 1.71 bits per heavy atom. The van der Waals surface area contributed by atoms with Crippen LogP contribution in [0, 0.1) is 5.92 Å². The summed E-state index contributed by atoms with van der Waals surface area (Å²) < 4.78 is 11.6. The van der Waals surface area contributed by atoms with Gasteiger partial charge in [-0.25, -0.2) is 14.8 Å². The Balaban J connectivity index is 1.75. The van der Waals surface area contributed by atoms with Gasteiger partial charge in [0, 0.05) is 23.4 Å². The lowest BCUT2D eigenvalue weighted by Crippen LogP contribution is -2.27. The lowest BCUT2D eigenvalue weighted by atomic mass is 9.99. The van der Waals surface area contributed by atoms with Crippen molar-refractivity contribution in [2.75, 3.05) is 17.2 Å². The van der Waals surface area contributed by atoms with Gasteiger partial charge in [0.1, 0.15) is 23.5 Å². The normalized spacial score (nSPS) is 11.6. The van der Waals surface area contributed by atoms with Crippen molar-refractivity contribution in [1.29, 1.82) is 0 Å². The molecule has 0 aliphatic heterocycles. The molecule has 2 N–H and O–H groups in total. The highest BCUT2D eigenvalue weighted by Gasteiger charge is 2.22. The van der Waals surface area contributed by atoms with Crippen LogP contribution in [0.3, 0.4) is 0 Å². The van der Waals surface area contributed by atoms with Gasteiger partial charge < -0.3 is 14.5 Å². The molecule has 0 bridgehead atoms. The van der Waals surface area contributed by atoms with Crippen LogP contribution < -0.4 is 10.6 Å². The number of amides is 1. The third kappa shape index (κ3) is 5.36. The zero-order valence-electron chi connectivity index (χ0n) is 20.2. The van der Waals surface area contributed by atoms with E-state index >= 15 is 0 Å². The number of rotatable bonds is 6. The molecule has 4 aromatic rings. The fourth-order valence-electron chi connectivity index (χ4n) is 3.58. The largest absolute Gasteiger partial charge is 0.444 e. The minimum Gasteiger partial charge on any atom is -0.444 e. The molecule has 0 fully saturated rings. The van der Waals surface area contributed by atoms with Gasteiger partial charge in [-0.3, -0.25) is 5.32 Å². The molecule has 7 nitrogen and oxygen atoms in total. The number of carbonyl (C=O) groups excluding carboxylic acids is 1. The van der Waals surface area contributed by atoms with E-state index in [-0.39, 0.29) is 0 Å². The molecule has 0 aliphatic carbocycles. The number of nitrogens with one attached hydrogen (secondary N) is 2. The second-order valence-electron chi connectivity index (χ2n) is 9.55. The van der Waals surface area contributed by atoms with Crippen LogP contribution in [0.2, 0.25) is 0 Å². The summed E-state index contributed by atoms with van der Waals surface area (Å²) in [5.74, 6) is 1.90. The van der Waals surface area contributed by atoms with Crippen LogP contribution >= 0.6 is 0 Å². The number of furan rings is 1. The molecule has 0 atom stereocenters. The number of aromatic nitrogens is 2. The van der Waals surface area contributed by atoms with Crippen LogP contribution in [0.1, 0.15) is 34.6 Å². The number of benzene rings is 2. The van der Waals surface area contributed by atoms with Crippen LogP contribution in [0.4, 0.5) is 16.3 Å². The van der Waals surface area contributed by atoms with Crippen LogP contribution in [0.25, 0.3) is 33.6 Å². The average Bonchev–Trinajstić information content (AvgIpc) is 3.17. The van der Waals surface area contributed by atoms with Crippen molar-refractivity contribution < 1.29 is 13.9 Å². The molecule has 0 saturated carbocycles. The number of hydrogen-bond acceptors (Lipinski definition) is 6. The van der Waals surface area contributed by atoms with E-state index in [1.54, 1.807) is 0 Å². The fourth-order valence-corrected chi connectivity index (χ4v) is 3.58. The summed E-state index contributed by atoms with van der Waals surface area (Å²) in [6.45, 7) is 10.6. The Hall–Kier alpha value is -3.87.